The van der Waals surface area contributed by atoms with Crippen LogP contribution in [0.4, 0.5) is 9.59 Å². The minimum absolute atomic E-state index is 0.0640. The number of nitrogens with zero attached hydrogens (tertiary/aromatic N) is 6. The maximum absolute atomic E-state index is 14.0. The van der Waals surface area contributed by atoms with Crippen LogP contribution in [0.2, 0.25) is 0 Å². The van der Waals surface area contributed by atoms with Crippen molar-refractivity contribution in [2.45, 2.75) is 197 Å². The smallest absolute Gasteiger partial charge is 0.319 e. The summed E-state index contributed by atoms with van der Waals surface area (Å²) in [6, 6.07) is -0.128. The van der Waals surface area contributed by atoms with E-state index in [4.69, 9.17) is 0 Å². The number of carbonyl (C=O) groups excluding carboxylic acids is 4. The third-order valence-corrected chi connectivity index (χ3v) is 12.5. The van der Waals surface area contributed by atoms with Gasteiger partial charge in [0.1, 0.15) is 24.7 Å². The maximum Gasteiger partial charge on any atom is 0.319 e. The second-order valence-corrected chi connectivity index (χ2v) is 18.0. The van der Waals surface area contributed by atoms with Gasteiger partial charge in [-0.3, -0.25) is 19.4 Å². The molecular weight excluding hydrogens is 705 g/mol. The Balaban J connectivity index is 1.81. The first-order valence-corrected chi connectivity index (χ1v) is 23.0. The van der Waals surface area contributed by atoms with Gasteiger partial charge < -0.3 is 30.2 Å². The summed E-state index contributed by atoms with van der Waals surface area (Å²) in [6.45, 7) is 27.0. The van der Waals surface area contributed by atoms with Crippen molar-refractivity contribution in [3.8, 4) is 0 Å². The fourth-order valence-corrected chi connectivity index (χ4v) is 9.02. The van der Waals surface area contributed by atoms with E-state index in [0.29, 0.717) is 0 Å². The largest absolute Gasteiger partial charge is 0.325 e. The summed E-state index contributed by atoms with van der Waals surface area (Å²) in [5.74, 6) is 0.185. The van der Waals surface area contributed by atoms with Crippen LogP contribution in [0.25, 0.3) is 0 Å². The summed E-state index contributed by atoms with van der Waals surface area (Å²) in [5, 5.41) is 6.70. The molecule has 0 aromatic carbocycles. The molecule has 3 saturated heterocycles. The first kappa shape index (κ1) is 47.8. The predicted octanol–water partition coefficient (Wildman–Crippen LogP) is 8.03. The summed E-state index contributed by atoms with van der Waals surface area (Å²) >= 11 is 0. The van der Waals surface area contributed by atoms with Gasteiger partial charge in [-0.15, -0.1) is 0 Å². The van der Waals surface area contributed by atoms with Gasteiger partial charge in [0.15, 0.2) is 0 Å². The number of nitrogens with one attached hydrogen (secondary N) is 2. The van der Waals surface area contributed by atoms with E-state index >= 15 is 0 Å². The van der Waals surface area contributed by atoms with Gasteiger partial charge in [0.05, 0.1) is 10.8 Å². The van der Waals surface area contributed by atoms with Crippen LogP contribution >= 0.6 is 0 Å². The van der Waals surface area contributed by atoms with Crippen LogP contribution in [0, 0.1) is 10.8 Å². The highest BCUT2D eigenvalue weighted by atomic mass is 16.2. The van der Waals surface area contributed by atoms with Crippen LogP contribution in [0.3, 0.4) is 0 Å². The van der Waals surface area contributed by atoms with Gasteiger partial charge in [0, 0.05) is 52.4 Å². The lowest BCUT2D eigenvalue weighted by molar-refractivity contribution is -0.211. The highest BCUT2D eigenvalue weighted by molar-refractivity contribution is 5.91. The van der Waals surface area contributed by atoms with Crippen molar-refractivity contribution < 1.29 is 19.2 Å². The molecule has 12 nitrogen and oxygen atoms in total. The molecule has 0 bridgehead atoms. The molecule has 2 N–H and O–H groups in total. The van der Waals surface area contributed by atoms with Crippen LogP contribution in [0.1, 0.15) is 172 Å². The van der Waals surface area contributed by atoms with E-state index in [1.165, 1.54) is 0 Å². The minimum atomic E-state index is -0.576. The van der Waals surface area contributed by atoms with Gasteiger partial charge in [-0.1, -0.05) is 92.9 Å². The summed E-state index contributed by atoms with van der Waals surface area (Å²) < 4.78 is 0. The molecule has 3 aliphatic rings. The van der Waals surface area contributed by atoms with Crippen molar-refractivity contribution in [2.24, 2.45) is 10.8 Å². The van der Waals surface area contributed by atoms with Crippen molar-refractivity contribution in [3.63, 3.8) is 0 Å². The highest BCUT2D eigenvalue weighted by Crippen LogP contribution is 2.45. The quantitative estimate of drug-likeness (QED) is 0.0679. The fourth-order valence-electron chi connectivity index (χ4n) is 9.02. The molecule has 4 unspecified atom stereocenters. The van der Waals surface area contributed by atoms with Crippen LogP contribution in [0.15, 0.2) is 0 Å². The third kappa shape index (κ3) is 11.8. The van der Waals surface area contributed by atoms with Gasteiger partial charge in [-0.2, -0.15) is 0 Å². The van der Waals surface area contributed by atoms with E-state index in [-0.39, 0.29) is 48.5 Å². The second-order valence-electron chi connectivity index (χ2n) is 18.0. The molecule has 0 spiro atoms. The molecular formula is C44H84N8O4. The summed E-state index contributed by atoms with van der Waals surface area (Å²) in [6.07, 6.45) is 14.6. The average Bonchev–Trinajstić information content (AvgIpc) is 3.18. The Hall–Kier alpha value is -2.60. The van der Waals surface area contributed by atoms with Crippen LogP contribution < -0.4 is 10.6 Å². The van der Waals surface area contributed by atoms with E-state index in [1.807, 2.05) is 47.3 Å². The van der Waals surface area contributed by atoms with Crippen molar-refractivity contribution in [2.75, 3.05) is 52.4 Å². The molecule has 0 aromatic rings. The average molecular weight is 789 g/mol. The van der Waals surface area contributed by atoms with Gasteiger partial charge >= 0.3 is 12.1 Å². The Morgan fingerprint density at radius 3 is 1.09 bits per heavy atom. The topological polar surface area (TPSA) is 112 Å². The molecule has 3 heterocycles. The zero-order valence-electron chi connectivity index (χ0n) is 37.6. The standard InChI is InChI=1S/C44H84N8O4/c1-11-17-23-25-35(45-41(55)49(27-19-13-3)28-20-14-4)51-37(43(7,8)39(51)53)47-31-33-48(34-32-47)38-44(9,10)40(54)52(38)36(26-24-18-12-2)46-42(56)50(29-21-15-5)30-22-16-6/h35-38H,11-34H2,1-10H3,(H,45,55)(H,46,56). The number of carbonyl (C=O) groups is 4. The van der Waals surface area contributed by atoms with Crippen molar-refractivity contribution in [1.29, 1.82) is 0 Å². The first-order valence-electron chi connectivity index (χ1n) is 23.0. The van der Waals surface area contributed by atoms with E-state index in [0.717, 1.165) is 155 Å². The molecule has 3 rings (SSSR count). The molecule has 0 saturated carbocycles. The zero-order chi connectivity index (χ0) is 41.5. The maximum atomic E-state index is 14.0. The van der Waals surface area contributed by atoms with E-state index in [1.54, 1.807) is 0 Å². The number of piperazine rings is 1. The lowest BCUT2D eigenvalue weighted by Crippen LogP contribution is -2.80. The zero-order valence-corrected chi connectivity index (χ0v) is 37.6. The normalized spacial score (nSPS) is 22.0. The molecule has 56 heavy (non-hydrogen) atoms. The Morgan fingerprint density at radius 2 is 0.821 bits per heavy atom. The van der Waals surface area contributed by atoms with Crippen LogP contribution in [0.5, 0.6) is 0 Å². The van der Waals surface area contributed by atoms with E-state index in [9.17, 15) is 19.2 Å². The molecule has 0 aromatic heterocycles. The van der Waals surface area contributed by atoms with E-state index in [2.05, 4.69) is 62.0 Å². The number of urea groups is 2. The molecule has 4 atom stereocenters. The SMILES string of the molecule is CCCCCC(NC(=O)N(CCCC)CCCC)N1C(=O)C(C)(C)C1N1CCN(C2N(C(CCCCC)NC(=O)N(CCCC)CCCC)C(=O)C2(C)C)CC1. The number of rotatable bonds is 26. The number of β-lactam (4-membered cyclic amide) rings is 2. The van der Waals surface area contributed by atoms with Crippen molar-refractivity contribution in [1.82, 2.24) is 40.0 Å². The Labute approximate surface area is 342 Å². The first-order chi connectivity index (χ1) is 26.8. The molecule has 6 amide bonds. The lowest BCUT2D eigenvalue weighted by atomic mass is 9.75. The van der Waals surface area contributed by atoms with Crippen LogP contribution in [-0.2, 0) is 9.59 Å². The molecule has 0 radical (unpaired) electrons. The minimum Gasteiger partial charge on any atom is -0.325 e. The van der Waals surface area contributed by atoms with Gasteiger partial charge in [0.2, 0.25) is 11.8 Å². The number of hydrogen-bond acceptors (Lipinski definition) is 6. The second kappa shape index (κ2) is 23.1. The highest BCUT2D eigenvalue weighted by Gasteiger charge is 2.62. The molecule has 12 heteroatoms. The Morgan fingerprint density at radius 1 is 0.536 bits per heavy atom. The third-order valence-electron chi connectivity index (χ3n) is 12.5. The Bertz CT molecular complexity index is 1110. The number of likely N-dealkylation sites (tertiary alicyclic amines) is 2. The van der Waals surface area contributed by atoms with Gasteiger partial charge in [-0.25, -0.2) is 9.59 Å². The van der Waals surface area contributed by atoms with Crippen molar-refractivity contribution >= 4 is 23.9 Å². The molecule has 3 aliphatic heterocycles. The summed E-state index contributed by atoms with van der Waals surface area (Å²) in [4.78, 5) is 68.3. The summed E-state index contributed by atoms with van der Waals surface area (Å²) in [5.41, 5.74) is -1.15. The molecule has 3 fully saturated rings. The number of amides is 6. The summed E-state index contributed by atoms with van der Waals surface area (Å²) in [7, 11) is 0. The monoisotopic (exact) mass is 789 g/mol. The Kier molecular flexibility index (Phi) is 19.7. The number of unbranched alkanes of at least 4 members (excludes halogenated alkanes) is 8. The lowest BCUT2D eigenvalue weighted by Gasteiger charge is -2.63. The predicted molar refractivity (Wildman–Crippen MR) is 228 cm³/mol. The molecule has 0 aliphatic carbocycles. The van der Waals surface area contributed by atoms with E-state index < -0.39 is 10.8 Å². The number of hydrogen-bond donors (Lipinski definition) is 2. The van der Waals surface area contributed by atoms with Gasteiger partial charge in [0.25, 0.3) is 0 Å². The molecule has 324 valence electrons. The van der Waals surface area contributed by atoms with Crippen molar-refractivity contribution in [3.05, 3.63) is 0 Å². The fraction of sp³-hybridized carbons (Fsp3) is 0.909. The van der Waals surface area contributed by atoms with Gasteiger partial charge in [-0.05, 0) is 79.1 Å². The van der Waals surface area contributed by atoms with Crippen LogP contribution in [-0.4, -0.2) is 130 Å².